The van der Waals surface area contributed by atoms with Crippen LogP contribution in [-0.2, 0) is 0 Å². The van der Waals surface area contributed by atoms with Crippen molar-refractivity contribution in [2.75, 3.05) is 27.2 Å². The molecule has 2 rings (SSSR count). The molecule has 0 saturated carbocycles. The lowest BCUT2D eigenvalue weighted by atomic mass is 10.0. The van der Waals surface area contributed by atoms with Crippen LogP contribution in [0, 0.1) is 5.92 Å². The second kappa shape index (κ2) is 5.35. The normalized spacial score (nSPS) is 23.9. The Balaban J connectivity index is 2.36. The first-order valence-corrected chi connectivity index (χ1v) is 6.15. The largest absolute Gasteiger partial charge is 0.472 e. The van der Waals surface area contributed by atoms with E-state index in [0.29, 0.717) is 18.0 Å². The highest BCUT2D eigenvalue weighted by molar-refractivity contribution is 5.96. The van der Waals surface area contributed by atoms with Crippen molar-refractivity contribution in [1.82, 2.24) is 15.2 Å². The summed E-state index contributed by atoms with van der Waals surface area (Å²) in [4.78, 5) is 18.1. The third kappa shape index (κ3) is 2.46. The molecular weight excluding hydrogens is 230 g/mol. The number of carbonyl (C=O) groups excluding carboxylic acids is 1. The topological polar surface area (TPSA) is 54.5 Å². The number of ether oxygens (including phenoxy) is 1. The second-order valence-corrected chi connectivity index (χ2v) is 4.73. The number of rotatable bonds is 2. The Hall–Kier alpha value is -1.62. The standard InChI is InChI=1S/C13H19N3O2/c1-9-8-16(3)13(17)10-5-4-6-15-12(10)18-11(9)7-14-2/h4-6,9,11,14H,7-8H2,1-3H3/t9-,11-/m1/s1. The highest BCUT2D eigenvalue weighted by atomic mass is 16.5. The van der Waals surface area contributed by atoms with Gasteiger partial charge in [0.15, 0.2) is 0 Å². The summed E-state index contributed by atoms with van der Waals surface area (Å²) in [6.07, 6.45) is 1.66. The molecule has 2 heterocycles. The summed E-state index contributed by atoms with van der Waals surface area (Å²) < 4.78 is 5.89. The maximum Gasteiger partial charge on any atom is 0.259 e. The summed E-state index contributed by atoms with van der Waals surface area (Å²) in [5, 5.41) is 3.12. The van der Waals surface area contributed by atoms with E-state index in [0.717, 1.165) is 6.54 Å². The minimum Gasteiger partial charge on any atom is -0.472 e. The number of carbonyl (C=O) groups is 1. The van der Waals surface area contributed by atoms with E-state index in [1.54, 1.807) is 23.2 Å². The molecule has 0 aliphatic carbocycles. The van der Waals surface area contributed by atoms with E-state index in [-0.39, 0.29) is 17.9 Å². The lowest BCUT2D eigenvalue weighted by Gasteiger charge is -2.31. The van der Waals surface area contributed by atoms with Crippen molar-refractivity contribution in [1.29, 1.82) is 0 Å². The molecule has 1 aliphatic heterocycles. The number of hydrogen-bond acceptors (Lipinski definition) is 4. The molecule has 0 unspecified atom stereocenters. The predicted octanol–water partition coefficient (Wildman–Crippen LogP) is 0.770. The van der Waals surface area contributed by atoms with Gasteiger partial charge in [0.1, 0.15) is 11.7 Å². The van der Waals surface area contributed by atoms with Gasteiger partial charge in [-0.25, -0.2) is 4.98 Å². The minimum absolute atomic E-state index is 0.0131. The quantitative estimate of drug-likeness (QED) is 0.841. The van der Waals surface area contributed by atoms with E-state index in [1.807, 2.05) is 14.1 Å². The van der Waals surface area contributed by atoms with Gasteiger partial charge in [0.25, 0.3) is 5.91 Å². The van der Waals surface area contributed by atoms with E-state index in [1.165, 1.54) is 0 Å². The van der Waals surface area contributed by atoms with Gasteiger partial charge in [-0.1, -0.05) is 6.92 Å². The van der Waals surface area contributed by atoms with Gasteiger partial charge >= 0.3 is 0 Å². The molecule has 5 nitrogen and oxygen atoms in total. The van der Waals surface area contributed by atoms with Crippen molar-refractivity contribution in [3.05, 3.63) is 23.9 Å². The molecule has 0 aromatic carbocycles. The average molecular weight is 249 g/mol. The number of amides is 1. The van der Waals surface area contributed by atoms with E-state index >= 15 is 0 Å². The number of hydrogen-bond donors (Lipinski definition) is 1. The molecule has 1 amide bonds. The van der Waals surface area contributed by atoms with Crippen molar-refractivity contribution < 1.29 is 9.53 Å². The SMILES string of the molecule is CNC[C@H]1Oc2ncccc2C(=O)N(C)C[C@H]1C. The number of pyridine rings is 1. The molecule has 1 N–H and O–H groups in total. The number of nitrogens with one attached hydrogen (secondary N) is 1. The monoisotopic (exact) mass is 249 g/mol. The summed E-state index contributed by atoms with van der Waals surface area (Å²) in [6.45, 7) is 3.50. The van der Waals surface area contributed by atoms with E-state index in [2.05, 4.69) is 17.2 Å². The number of nitrogens with zero attached hydrogens (tertiary/aromatic N) is 2. The highest BCUT2D eigenvalue weighted by Crippen LogP contribution is 2.23. The van der Waals surface area contributed by atoms with Crippen molar-refractivity contribution in [2.24, 2.45) is 5.92 Å². The molecule has 0 fully saturated rings. The summed E-state index contributed by atoms with van der Waals surface area (Å²) in [5.74, 6) is 0.649. The zero-order valence-electron chi connectivity index (χ0n) is 11.0. The predicted molar refractivity (Wildman–Crippen MR) is 68.7 cm³/mol. The van der Waals surface area contributed by atoms with Gasteiger partial charge in [0.05, 0.1) is 0 Å². The maximum absolute atomic E-state index is 12.2. The Kier molecular flexibility index (Phi) is 3.81. The Morgan fingerprint density at radius 3 is 3.11 bits per heavy atom. The molecule has 1 aliphatic rings. The summed E-state index contributed by atoms with van der Waals surface area (Å²) in [5.41, 5.74) is 0.535. The van der Waals surface area contributed by atoms with Crippen LogP contribution < -0.4 is 10.1 Å². The third-order valence-corrected chi connectivity index (χ3v) is 3.21. The minimum atomic E-state index is -0.0344. The molecule has 98 valence electrons. The fourth-order valence-electron chi connectivity index (χ4n) is 2.19. The van der Waals surface area contributed by atoms with Crippen LogP contribution in [0.5, 0.6) is 5.88 Å². The van der Waals surface area contributed by atoms with Crippen molar-refractivity contribution in [2.45, 2.75) is 13.0 Å². The highest BCUT2D eigenvalue weighted by Gasteiger charge is 2.28. The van der Waals surface area contributed by atoms with Gasteiger partial charge in [-0.15, -0.1) is 0 Å². The Labute approximate surface area is 107 Å². The van der Waals surface area contributed by atoms with Crippen LogP contribution in [0.15, 0.2) is 18.3 Å². The van der Waals surface area contributed by atoms with Gasteiger partial charge in [-0.05, 0) is 19.2 Å². The van der Waals surface area contributed by atoms with Crippen LogP contribution >= 0.6 is 0 Å². The van der Waals surface area contributed by atoms with Crippen LogP contribution in [0.4, 0.5) is 0 Å². The van der Waals surface area contributed by atoms with Crippen LogP contribution in [0.3, 0.4) is 0 Å². The fraction of sp³-hybridized carbons (Fsp3) is 0.538. The zero-order chi connectivity index (χ0) is 13.1. The Morgan fingerprint density at radius 1 is 1.61 bits per heavy atom. The molecule has 5 heteroatoms. The molecule has 0 saturated heterocycles. The molecule has 1 aromatic heterocycles. The van der Waals surface area contributed by atoms with Gasteiger partial charge in [-0.2, -0.15) is 0 Å². The van der Waals surface area contributed by atoms with E-state index < -0.39 is 0 Å². The van der Waals surface area contributed by atoms with Crippen molar-refractivity contribution in [3.63, 3.8) is 0 Å². The van der Waals surface area contributed by atoms with Crippen LogP contribution in [0.2, 0.25) is 0 Å². The molecule has 2 atom stereocenters. The van der Waals surface area contributed by atoms with Crippen LogP contribution in [-0.4, -0.2) is 49.1 Å². The van der Waals surface area contributed by atoms with Gasteiger partial charge in [0.2, 0.25) is 5.88 Å². The molecule has 0 bridgehead atoms. The first kappa shape index (κ1) is 12.8. The summed E-state index contributed by atoms with van der Waals surface area (Å²) in [7, 11) is 3.71. The molecule has 18 heavy (non-hydrogen) atoms. The third-order valence-electron chi connectivity index (χ3n) is 3.21. The molecular formula is C13H19N3O2. The van der Waals surface area contributed by atoms with Gasteiger partial charge < -0.3 is 15.0 Å². The number of fused-ring (bicyclic) bond motifs is 1. The van der Waals surface area contributed by atoms with Gasteiger partial charge in [0, 0.05) is 32.3 Å². The lowest BCUT2D eigenvalue weighted by molar-refractivity contribution is 0.0624. The van der Waals surface area contributed by atoms with E-state index in [9.17, 15) is 4.79 Å². The number of likely N-dealkylation sites (N-methyl/N-ethyl adjacent to an activating group) is 1. The number of aromatic nitrogens is 1. The van der Waals surface area contributed by atoms with Crippen molar-refractivity contribution in [3.8, 4) is 5.88 Å². The van der Waals surface area contributed by atoms with Crippen molar-refractivity contribution >= 4 is 5.91 Å². The average Bonchev–Trinajstić information content (AvgIpc) is 2.37. The summed E-state index contributed by atoms with van der Waals surface area (Å²) >= 11 is 0. The first-order chi connectivity index (χ1) is 8.63. The van der Waals surface area contributed by atoms with Crippen LogP contribution in [0.25, 0.3) is 0 Å². The zero-order valence-corrected chi connectivity index (χ0v) is 11.0. The molecule has 0 radical (unpaired) electrons. The maximum atomic E-state index is 12.2. The van der Waals surface area contributed by atoms with E-state index in [4.69, 9.17) is 4.74 Å². The van der Waals surface area contributed by atoms with Crippen LogP contribution in [0.1, 0.15) is 17.3 Å². The smallest absolute Gasteiger partial charge is 0.259 e. The van der Waals surface area contributed by atoms with Gasteiger partial charge in [-0.3, -0.25) is 4.79 Å². The lowest BCUT2D eigenvalue weighted by Crippen LogP contribution is -2.44. The second-order valence-electron chi connectivity index (χ2n) is 4.73. The molecule has 0 spiro atoms. The fourth-order valence-corrected chi connectivity index (χ4v) is 2.19. The Bertz CT molecular complexity index is 436. The Morgan fingerprint density at radius 2 is 2.39 bits per heavy atom. The summed E-state index contributed by atoms with van der Waals surface area (Å²) in [6, 6.07) is 3.51. The molecule has 1 aromatic rings. The first-order valence-electron chi connectivity index (χ1n) is 6.15.